The standard InChI is InChI=1S/C21H21N5O2/c1-13-15(12-22)2-6-18(24-13)25-21(28)17-5-7-19(27)26(16-3-4-16)20(17)14-8-10-23-11-9-14/h2,6,8-11,16-17,20H,3-5,7H2,1H3,(H,24,25,28)/t17-,20+/m0/s1. The van der Waals surface area contributed by atoms with E-state index in [2.05, 4.69) is 21.4 Å². The molecule has 28 heavy (non-hydrogen) atoms. The van der Waals surface area contributed by atoms with Crippen LogP contribution in [0.2, 0.25) is 0 Å². The molecule has 7 nitrogen and oxygen atoms in total. The van der Waals surface area contributed by atoms with E-state index in [0.29, 0.717) is 29.9 Å². The van der Waals surface area contributed by atoms with Crippen LogP contribution in [0.15, 0.2) is 36.7 Å². The number of carbonyl (C=O) groups excluding carboxylic acids is 2. The lowest BCUT2D eigenvalue weighted by Gasteiger charge is -2.41. The van der Waals surface area contributed by atoms with Crippen LogP contribution >= 0.6 is 0 Å². The van der Waals surface area contributed by atoms with E-state index >= 15 is 0 Å². The Bertz CT molecular complexity index is 949. The van der Waals surface area contributed by atoms with Crippen molar-refractivity contribution in [3.63, 3.8) is 0 Å². The molecule has 2 amide bonds. The average molecular weight is 375 g/mol. The first kappa shape index (κ1) is 18.1. The van der Waals surface area contributed by atoms with Crippen LogP contribution in [0.3, 0.4) is 0 Å². The topological polar surface area (TPSA) is 99.0 Å². The summed E-state index contributed by atoms with van der Waals surface area (Å²) < 4.78 is 0. The third-order valence-electron chi connectivity index (χ3n) is 5.42. The molecule has 0 bridgehead atoms. The van der Waals surface area contributed by atoms with Gasteiger partial charge in [-0.1, -0.05) is 0 Å². The van der Waals surface area contributed by atoms with E-state index in [1.165, 1.54) is 0 Å². The number of nitrogens with zero attached hydrogens (tertiary/aromatic N) is 4. The van der Waals surface area contributed by atoms with Crippen molar-refractivity contribution in [3.05, 3.63) is 53.5 Å². The number of nitrogens with one attached hydrogen (secondary N) is 1. The number of hydrogen-bond donors (Lipinski definition) is 1. The number of hydrogen-bond acceptors (Lipinski definition) is 5. The van der Waals surface area contributed by atoms with Crippen molar-refractivity contribution in [1.29, 1.82) is 5.26 Å². The van der Waals surface area contributed by atoms with Crippen molar-refractivity contribution in [1.82, 2.24) is 14.9 Å². The molecule has 4 rings (SSSR count). The van der Waals surface area contributed by atoms with Gasteiger partial charge in [0.25, 0.3) is 0 Å². The van der Waals surface area contributed by atoms with Gasteiger partial charge in [-0.3, -0.25) is 14.6 Å². The summed E-state index contributed by atoms with van der Waals surface area (Å²) in [6.07, 6.45) is 6.22. The van der Waals surface area contributed by atoms with E-state index in [0.717, 1.165) is 18.4 Å². The van der Waals surface area contributed by atoms with E-state index in [9.17, 15) is 9.59 Å². The van der Waals surface area contributed by atoms with Crippen molar-refractivity contribution < 1.29 is 9.59 Å². The Kier molecular flexibility index (Phi) is 4.78. The van der Waals surface area contributed by atoms with Crippen molar-refractivity contribution >= 4 is 17.6 Å². The molecule has 1 saturated heterocycles. The van der Waals surface area contributed by atoms with Crippen molar-refractivity contribution in [2.24, 2.45) is 5.92 Å². The van der Waals surface area contributed by atoms with Crippen LogP contribution in [0.4, 0.5) is 5.82 Å². The molecular formula is C21H21N5O2. The highest BCUT2D eigenvalue weighted by atomic mass is 16.2. The first-order valence-electron chi connectivity index (χ1n) is 9.48. The predicted molar refractivity (Wildman–Crippen MR) is 102 cm³/mol. The molecule has 1 aliphatic heterocycles. The fraction of sp³-hybridized carbons (Fsp3) is 0.381. The lowest BCUT2D eigenvalue weighted by atomic mass is 9.83. The maximum absolute atomic E-state index is 13.1. The third kappa shape index (κ3) is 3.46. The molecule has 0 radical (unpaired) electrons. The number of nitriles is 1. The lowest BCUT2D eigenvalue weighted by Crippen LogP contribution is -2.47. The fourth-order valence-electron chi connectivity index (χ4n) is 3.89. The van der Waals surface area contributed by atoms with E-state index in [1.807, 2.05) is 17.0 Å². The van der Waals surface area contributed by atoms with Crippen LogP contribution in [-0.4, -0.2) is 32.7 Å². The van der Waals surface area contributed by atoms with Crippen LogP contribution in [0.5, 0.6) is 0 Å². The summed E-state index contributed by atoms with van der Waals surface area (Å²) in [5.41, 5.74) is 1.99. The summed E-state index contributed by atoms with van der Waals surface area (Å²) >= 11 is 0. The van der Waals surface area contributed by atoms with Gasteiger partial charge in [0.15, 0.2) is 0 Å². The quantitative estimate of drug-likeness (QED) is 0.886. The minimum absolute atomic E-state index is 0.112. The van der Waals surface area contributed by atoms with Crippen LogP contribution in [0.25, 0.3) is 0 Å². The molecule has 2 atom stereocenters. The molecule has 3 heterocycles. The van der Waals surface area contributed by atoms with Gasteiger partial charge in [-0.15, -0.1) is 0 Å². The molecule has 7 heteroatoms. The Hall–Kier alpha value is -3.27. The SMILES string of the molecule is Cc1nc(NC(=O)[C@H]2CCC(=O)N(C3CC3)[C@@H]2c2ccncc2)ccc1C#N. The molecule has 1 saturated carbocycles. The molecule has 0 unspecified atom stereocenters. The highest BCUT2D eigenvalue weighted by Gasteiger charge is 2.46. The average Bonchev–Trinajstić information content (AvgIpc) is 3.53. The molecule has 1 aliphatic carbocycles. The van der Waals surface area contributed by atoms with E-state index in [1.54, 1.807) is 31.5 Å². The first-order valence-corrected chi connectivity index (χ1v) is 9.48. The summed E-state index contributed by atoms with van der Waals surface area (Å²) in [7, 11) is 0. The number of piperidine rings is 1. The molecule has 142 valence electrons. The maximum atomic E-state index is 13.1. The minimum atomic E-state index is -0.363. The number of rotatable bonds is 4. The third-order valence-corrected chi connectivity index (χ3v) is 5.42. The van der Waals surface area contributed by atoms with Gasteiger partial charge in [0.2, 0.25) is 11.8 Å². The predicted octanol–water partition coefficient (Wildman–Crippen LogP) is 2.74. The molecular weight excluding hydrogens is 354 g/mol. The number of aryl methyl sites for hydroxylation is 1. The Morgan fingerprint density at radius 1 is 1.21 bits per heavy atom. The zero-order valence-electron chi connectivity index (χ0n) is 15.6. The van der Waals surface area contributed by atoms with Crippen LogP contribution in [-0.2, 0) is 9.59 Å². The van der Waals surface area contributed by atoms with Crippen molar-refractivity contribution in [2.45, 2.75) is 44.7 Å². The van der Waals surface area contributed by atoms with Gasteiger partial charge in [-0.05, 0) is 56.0 Å². The fourth-order valence-corrected chi connectivity index (χ4v) is 3.89. The minimum Gasteiger partial charge on any atom is -0.332 e. The zero-order chi connectivity index (χ0) is 19.7. The Labute approximate surface area is 163 Å². The molecule has 0 aromatic carbocycles. The summed E-state index contributed by atoms with van der Waals surface area (Å²) in [4.78, 5) is 36.1. The second kappa shape index (κ2) is 7.39. The largest absolute Gasteiger partial charge is 0.332 e. The molecule has 2 aromatic rings. The molecule has 2 aliphatic rings. The molecule has 2 fully saturated rings. The number of aromatic nitrogens is 2. The highest BCUT2D eigenvalue weighted by Crippen LogP contribution is 2.43. The van der Waals surface area contributed by atoms with Crippen LogP contribution < -0.4 is 5.32 Å². The summed E-state index contributed by atoms with van der Waals surface area (Å²) in [6, 6.07) is 9.04. The maximum Gasteiger partial charge on any atom is 0.231 e. The summed E-state index contributed by atoms with van der Waals surface area (Å²) in [5.74, 6) is 0.0144. The first-order chi connectivity index (χ1) is 13.6. The van der Waals surface area contributed by atoms with Gasteiger partial charge >= 0.3 is 0 Å². The second-order valence-electron chi connectivity index (χ2n) is 7.33. The number of carbonyl (C=O) groups is 2. The van der Waals surface area contributed by atoms with Gasteiger partial charge in [0.1, 0.15) is 11.9 Å². The van der Waals surface area contributed by atoms with Crippen LogP contribution in [0.1, 0.15) is 48.5 Å². The van der Waals surface area contributed by atoms with Crippen molar-refractivity contribution in [3.8, 4) is 6.07 Å². The van der Waals surface area contributed by atoms with Gasteiger partial charge in [0.05, 0.1) is 23.2 Å². The Morgan fingerprint density at radius 2 is 1.96 bits per heavy atom. The monoisotopic (exact) mass is 375 g/mol. The van der Waals surface area contributed by atoms with E-state index in [4.69, 9.17) is 5.26 Å². The molecule has 2 aromatic heterocycles. The highest BCUT2D eigenvalue weighted by molar-refractivity contribution is 5.94. The van der Waals surface area contributed by atoms with E-state index < -0.39 is 0 Å². The van der Waals surface area contributed by atoms with E-state index in [-0.39, 0.29) is 29.8 Å². The number of pyridine rings is 2. The van der Waals surface area contributed by atoms with Gasteiger partial charge < -0.3 is 10.2 Å². The van der Waals surface area contributed by atoms with Crippen LogP contribution in [0, 0.1) is 24.2 Å². The van der Waals surface area contributed by atoms with Gasteiger partial charge in [-0.25, -0.2) is 4.98 Å². The summed E-state index contributed by atoms with van der Waals surface area (Å²) in [6.45, 7) is 1.74. The molecule has 1 N–H and O–H groups in total. The van der Waals surface area contributed by atoms with Gasteiger partial charge in [0, 0.05) is 24.9 Å². The lowest BCUT2D eigenvalue weighted by molar-refractivity contribution is -0.142. The zero-order valence-corrected chi connectivity index (χ0v) is 15.6. The number of anilines is 1. The Morgan fingerprint density at radius 3 is 2.61 bits per heavy atom. The van der Waals surface area contributed by atoms with Gasteiger partial charge in [-0.2, -0.15) is 5.26 Å². The number of likely N-dealkylation sites (tertiary alicyclic amines) is 1. The molecule has 0 spiro atoms. The van der Waals surface area contributed by atoms with Crippen molar-refractivity contribution in [2.75, 3.05) is 5.32 Å². The normalized spacial score (nSPS) is 21.9. The second-order valence-corrected chi connectivity index (χ2v) is 7.33. The Balaban J connectivity index is 1.62. The summed E-state index contributed by atoms with van der Waals surface area (Å²) in [5, 5.41) is 11.9. The smallest absolute Gasteiger partial charge is 0.231 e. The number of amides is 2.